The number of nitrogens with one attached hydrogen (secondary N) is 1. The smallest absolute Gasteiger partial charge is 0.177 e. The monoisotopic (exact) mass is 171 g/mol. The molecule has 3 nitrogen and oxygen atoms in total. The van der Waals surface area contributed by atoms with Crippen molar-refractivity contribution in [3.8, 4) is 0 Å². The van der Waals surface area contributed by atoms with Gasteiger partial charge in [0.1, 0.15) is 0 Å². The Hall–Kier alpha value is -0.610. The lowest BCUT2D eigenvalue weighted by Crippen LogP contribution is -2.22. The summed E-state index contributed by atoms with van der Waals surface area (Å²) in [6.45, 7) is 4.76. The van der Waals surface area contributed by atoms with E-state index >= 15 is 0 Å². The molecule has 11 heavy (non-hydrogen) atoms. The Morgan fingerprint density at radius 2 is 2.45 bits per heavy atom. The molecule has 1 heterocycles. The van der Waals surface area contributed by atoms with E-state index in [9.17, 15) is 0 Å². The molecule has 0 aliphatic heterocycles. The molecule has 1 atom stereocenters. The molecule has 0 aromatic carbocycles. The van der Waals surface area contributed by atoms with E-state index in [2.05, 4.69) is 4.98 Å². The van der Waals surface area contributed by atoms with Crippen LogP contribution in [-0.4, -0.2) is 15.6 Å². The summed E-state index contributed by atoms with van der Waals surface area (Å²) in [6.07, 6.45) is 1.89. The van der Waals surface area contributed by atoms with E-state index in [4.69, 9.17) is 18.0 Å². The molecule has 1 rings (SSSR count). The molecule has 0 saturated carbocycles. The average molecular weight is 171 g/mol. The summed E-state index contributed by atoms with van der Waals surface area (Å²) in [4.78, 5) is 2.96. The van der Waals surface area contributed by atoms with Gasteiger partial charge in [-0.2, -0.15) is 0 Å². The van der Waals surface area contributed by atoms with Crippen molar-refractivity contribution < 1.29 is 0 Å². The Kier molecular flexibility index (Phi) is 2.46. The molecule has 0 aliphatic rings. The predicted octanol–water partition coefficient (Wildman–Crippen LogP) is 1.20. The van der Waals surface area contributed by atoms with Crippen LogP contribution in [0.25, 0.3) is 0 Å². The molecule has 0 fully saturated rings. The first-order valence-corrected chi connectivity index (χ1v) is 4.02. The normalized spacial score (nSPS) is 13.4. The second-order valence-corrected chi connectivity index (χ2v) is 3.21. The molecule has 0 saturated heterocycles. The summed E-state index contributed by atoms with van der Waals surface area (Å²) in [7, 11) is 0. The second-order valence-electron chi connectivity index (χ2n) is 2.82. The van der Waals surface area contributed by atoms with Gasteiger partial charge in [0, 0.05) is 24.5 Å². The number of hydrogen-bond donors (Lipinski definition) is 2. The number of nitrogens with zero attached hydrogens (tertiary/aromatic N) is 1. The maximum atomic E-state index is 5.64. The van der Waals surface area contributed by atoms with Gasteiger partial charge in [-0.3, -0.25) is 0 Å². The molecule has 0 aliphatic carbocycles. The van der Waals surface area contributed by atoms with Crippen LogP contribution in [-0.2, 0) is 6.54 Å². The highest BCUT2D eigenvalue weighted by atomic mass is 32.1. The van der Waals surface area contributed by atoms with E-state index in [0.717, 1.165) is 17.0 Å². The van der Waals surface area contributed by atoms with Crippen LogP contribution in [0.3, 0.4) is 0 Å². The fourth-order valence-electron chi connectivity index (χ4n) is 0.997. The number of aromatic amines is 1. The van der Waals surface area contributed by atoms with Gasteiger partial charge in [0.2, 0.25) is 0 Å². The third-order valence-electron chi connectivity index (χ3n) is 1.55. The standard InChI is InChI=1S/C7H13N3S/c1-5(8)4-10-6(2)3-9-7(10)11/h3,5H,4,8H2,1-2H3,(H,9,11). The highest BCUT2D eigenvalue weighted by Crippen LogP contribution is 1.99. The summed E-state index contributed by atoms with van der Waals surface area (Å²) in [5.74, 6) is 0. The third-order valence-corrected chi connectivity index (χ3v) is 1.88. The minimum atomic E-state index is 0.149. The highest BCUT2D eigenvalue weighted by molar-refractivity contribution is 7.71. The molecule has 0 amide bonds. The molecular formula is C7H13N3S. The van der Waals surface area contributed by atoms with E-state index in [-0.39, 0.29) is 6.04 Å². The van der Waals surface area contributed by atoms with Crippen LogP contribution in [0.1, 0.15) is 12.6 Å². The fraction of sp³-hybridized carbons (Fsp3) is 0.571. The van der Waals surface area contributed by atoms with Crippen LogP contribution in [0.2, 0.25) is 0 Å². The lowest BCUT2D eigenvalue weighted by molar-refractivity contribution is 0.574. The number of imidazole rings is 1. The number of aryl methyl sites for hydroxylation is 1. The Balaban J connectivity index is 2.92. The van der Waals surface area contributed by atoms with E-state index in [0.29, 0.717) is 0 Å². The van der Waals surface area contributed by atoms with Crippen LogP contribution in [0.4, 0.5) is 0 Å². The molecule has 62 valence electrons. The number of hydrogen-bond acceptors (Lipinski definition) is 2. The zero-order valence-electron chi connectivity index (χ0n) is 6.79. The zero-order chi connectivity index (χ0) is 8.43. The van der Waals surface area contributed by atoms with Gasteiger partial charge in [-0.25, -0.2) is 0 Å². The molecule has 3 N–H and O–H groups in total. The summed E-state index contributed by atoms with van der Waals surface area (Å²) < 4.78 is 2.75. The van der Waals surface area contributed by atoms with Crippen LogP contribution in [0, 0.1) is 11.7 Å². The van der Waals surface area contributed by atoms with Gasteiger partial charge in [0.25, 0.3) is 0 Å². The Morgan fingerprint density at radius 1 is 1.82 bits per heavy atom. The summed E-state index contributed by atoms with van der Waals surface area (Å²) in [6, 6.07) is 0.149. The molecular weight excluding hydrogens is 158 g/mol. The minimum absolute atomic E-state index is 0.149. The van der Waals surface area contributed by atoms with Crippen molar-refractivity contribution >= 4 is 12.2 Å². The average Bonchev–Trinajstić information content (AvgIpc) is 2.18. The second kappa shape index (κ2) is 3.19. The van der Waals surface area contributed by atoms with Crippen LogP contribution >= 0.6 is 12.2 Å². The van der Waals surface area contributed by atoms with Crippen LogP contribution in [0.15, 0.2) is 6.20 Å². The first-order valence-electron chi connectivity index (χ1n) is 3.61. The number of aromatic nitrogens is 2. The molecule has 0 bridgehead atoms. The maximum absolute atomic E-state index is 5.64. The molecule has 0 spiro atoms. The first-order chi connectivity index (χ1) is 5.11. The topological polar surface area (TPSA) is 46.7 Å². The van der Waals surface area contributed by atoms with Crippen molar-refractivity contribution in [3.63, 3.8) is 0 Å². The molecule has 1 aromatic rings. The first kappa shape index (κ1) is 8.49. The van der Waals surface area contributed by atoms with Crippen molar-refractivity contribution in [3.05, 3.63) is 16.7 Å². The molecule has 1 unspecified atom stereocenters. The lowest BCUT2D eigenvalue weighted by Gasteiger charge is -2.07. The summed E-state index contributed by atoms with van der Waals surface area (Å²) in [5.41, 5.74) is 6.77. The largest absolute Gasteiger partial charge is 0.337 e. The number of rotatable bonds is 2. The Morgan fingerprint density at radius 3 is 2.82 bits per heavy atom. The Bertz CT molecular complexity index is 284. The Labute approximate surface area is 71.2 Å². The molecule has 1 aromatic heterocycles. The van der Waals surface area contributed by atoms with E-state index < -0.39 is 0 Å². The van der Waals surface area contributed by atoms with Crippen molar-refractivity contribution in [2.24, 2.45) is 5.73 Å². The van der Waals surface area contributed by atoms with E-state index in [1.165, 1.54) is 0 Å². The summed E-state index contributed by atoms with van der Waals surface area (Å²) in [5, 5.41) is 0. The van der Waals surface area contributed by atoms with Crippen molar-refractivity contribution in [2.75, 3.05) is 0 Å². The van der Waals surface area contributed by atoms with Gasteiger partial charge in [0.05, 0.1) is 0 Å². The van der Waals surface area contributed by atoms with Crippen molar-refractivity contribution in [2.45, 2.75) is 26.4 Å². The number of nitrogens with two attached hydrogens (primary N) is 1. The fourth-order valence-corrected chi connectivity index (χ4v) is 1.27. The van der Waals surface area contributed by atoms with Crippen LogP contribution in [0.5, 0.6) is 0 Å². The maximum Gasteiger partial charge on any atom is 0.177 e. The molecule has 0 radical (unpaired) electrons. The van der Waals surface area contributed by atoms with Crippen molar-refractivity contribution in [1.29, 1.82) is 0 Å². The minimum Gasteiger partial charge on any atom is -0.337 e. The van der Waals surface area contributed by atoms with Gasteiger partial charge >= 0.3 is 0 Å². The van der Waals surface area contributed by atoms with E-state index in [1.807, 2.05) is 24.6 Å². The number of H-pyrrole nitrogens is 1. The van der Waals surface area contributed by atoms with Gasteiger partial charge in [0.15, 0.2) is 4.77 Å². The SMILES string of the molecule is Cc1c[nH]c(=S)n1CC(C)N. The predicted molar refractivity (Wildman–Crippen MR) is 48.0 cm³/mol. The van der Waals surface area contributed by atoms with Gasteiger partial charge < -0.3 is 15.3 Å². The molecule has 4 heteroatoms. The van der Waals surface area contributed by atoms with Gasteiger partial charge in [-0.05, 0) is 26.1 Å². The zero-order valence-corrected chi connectivity index (χ0v) is 7.61. The quantitative estimate of drug-likeness (QED) is 0.657. The van der Waals surface area contributed by atoms with Crippen molar-refractivity contribution in [1.82, 2.24) is 9.55 Å². The lowest BCUT2D eigenvalue weighted by atomic mass is 10.3. The highest BCUT2D eigenvalue weighted by Gasteiger charge is 2.00. The van der Waals surface area contributed by atoms with Gasteiger partial charge in [-0.15, -0.1) is 0 Å². The summed E-state index contributed by atoms with van der Waals surface area (Å²) >= 11 is 5.04. The van der Waals surface area contributed by atoms with E-state index in [1.54, 1.807) is 0 Å². The van der Waals surface area contributed by atoms with Crippen LogP contribution < -0.4 is 5.73 Å². The third kappa shape index (κ3) is 1.91. The van der Waals surface area contributed by atoms with Gasteiger partial charge in [-0.1, -0.05) is 0 Å².